The van der Waals surface area contributed by atoms with Crippen molar-refractivity contribution >= 4 is 50.1 Å². The Bertz CT molecular complexity index is 1210. The van der Waals surface area contributed by atoms with E-state index in [1.807, 2.05) is 0 Å². The number of carbonyl (C=O) groups is 1. The van der Waals surface area contributed by atoms with Crippen molar-refractivity contribution in [1.29, 1.82) is 0 Å². The van der Waals surface area contributed by atoms with Crippen LogP contribution in [0.4, 0.5) is 9.52 Å². The van der Waals surface area contributed by atoms with E-state index < -0.39 is 5.82 Å². The molecule has 0 saturated carbocycles. The molecule has 0 atom stereocenters. The highest BCUT2D eigenvalue weighted by Crippen LogP contribution is 2.25. The molecule has 0 saturated heterocycles. The smallest absolute Gasteiger partial charge is 0.257 e. The van der Waals surface area contributed by atoms with Crippen LogP contribution in [0.25, 0.3) is 17.2 Å². The topological polar surface area (TPSA) is 85.6 Å². The molecule has 0 aliphatic rings. The van der Waals surface area contributed by atoms with Crippen LogP contribution in [0.5, 0.6) is 0 Å². The van der Waals surface area contributed by atoms with Gasteiger partial charge in [0.05, 0.1) is 16.4 Å². The summed E-state index contributed by atoms with van der Waals surface area (Å²) in [6.07, 6.45) is 0. The fourth-order valence-electron chi connectivity index (χ4n) is 2.54. The molecule has 0 aliphatic carbocycles. The molecule has 7 nitrogen and oxygen atoms in total. The fourth-order valence-corrected chi connectivity index (χ4v) is 3.54. The lowest BCUT2D eigenvalue weighted by molar-refractivity contribution is 0.102. The number of nitrogens with zero attached hydrogens (tertiary/aromatic N) is 5. The van der Waals surface area contributed by atoms with E-state index in [0.717, 1.165) is 16.0 Å². The predicted molar refractivity (Wildman–Crippen MR) is 112 cm³/mol. The first-order valence-electron chi connectivity index (χ1n) is 8.21. The highest BCUT2D eigenvalue weighted by Gasteiger charge is 2.18. The standard InChI is InChI=1S/C18H11BrClFN6OS/c1-9-15(24-26-27(9)12-6-7-14(21)13(20)8-12)16-22-18(29-25-16)23-17(28)10-2-4-11(19)5-3-10/h2-8H,1H3,(H,22,23,25,28). The number of nitrogens with one attached hydrogen (secondary N) is 1. The van der Waals surface area contributed by atoms with E-state index >= 15 is 0 Å². The van der Waals surface area contributed by atoms with Gasteiger partial charge in [-0.3, -0.25) is 10.1 Å². The number of benzene rings is 2. The molecule has 1 N–H and O–H groups in total. The number of rotatable bonds is 4. The Labute approximate surface area is 181 Å². The Balaban J connectivity index is 1.57. The van der Waals surface area contributed by atoms with Crippen molar-refractivity contribution in [2.24, 2.45) is 0 Å². The summed E-state index contributed by atoms with van der Waals surface area (Å²) in [4.78, 5) is 16.7. The van der Waals surface area contributed by atoms with E-state index in [2.05, 4.69) is 40.9 Å². The molecule has 4 aromatic rings. The van der Waals surface area contributed by atoms with Crippen LogP contribution in [0.2, 0.25) is 5.02 Å². The van der Waals surface area contributed by atoms with E-state index in [0.29, 0.717) is 33.6 Å². The lowest BCUT2D eigenvalue weighted by Crippen LogP contribution is -2.11. The molecule has 0 bridgehead atoms. The number of hydrogen-bond donors (Lipinski definition) is 1. The van der Waals surface area contributed by atoms with E-state index in [1.165, 1.54) is 16.8 Å². The van der Waals surface area contributed by atoms with Gasteiger partial charge in [-0.05, 0) is 49.4 Å². The molecule has 0 spiro atoms. The first-order valence-corrected chi connectivity index (χ1v) is 10.2. The van der Waals surface area contributed by atoms with Crippen molar-refractivity contribution in [3.63, 3.8) is 0 Å². The maximum atomic E-state index is 13.4. The fraction of sp³-hybridized carbons (Fsp3) is 0.0556. The summed E-state index contributed by atoms with van der Waals surface area (Å²) >= 11 is 10.2. The predicted octanol–water partition coefficient (Wildman–Crippen LogP) is 4.90. The van der Waals surface area contributed by atoms with Crippen molar-refractivity contribution in [3.8, 4) is 17.2 Å². The van der Waals surface area contributed by atoms with Gasteiger partial charge in [0.2, 0.25) is 5.13 Å². The van der Waals surface area contributed by atoms with Crippen molar-refractivity contribution < 1.29 is 9.18 Å². The normalized spacial score (nSPS) is 10.9. The van der Waals surface area contributed by atoms with Gasteiger partial charge in [0, 0.05) is 21.6 Å². The molecule has 0 unspecified atom stereocenters. The summed E-state index contributed by atoms with van der Waals surface area (Å²) in [6, 6.07) is 11.2. The summed E-state index contributed by atoms with van der Waals surface area (Å²) < 4.78 is 20.1. The molecular weight excluding hydrogens is 483 g/mol. The highest BCUT2D eigenvalue weighted by atomic mass is 79.9. The third-order valence-corrected chi connectivity index (χ3v) is 5.46. The molecule has 146 valence electrons. The monoisotopic (exact) mass is 492 g/mol. The molecule has 2 aromatic carbocycles. The van der Waals surface area contributed by atoms with Crippen LogP contribution in [0.15, 0.2) is 46.9 Å². The lowest BCUT2D eigenvalue weighted by atomic mass is 10.2. The zero-order chi connectivity index (χ0) is 20.5. The average molecular weight is 494 g/mol. The number of amides is 1. The second-order valence-electron chi connectivity index (χ2n) is 5.92. The van der Waals surface area contributed by atoms with E-state index in [-0.39, 0.29) is 10.9 Å². The van der Waals surface area contributed by atoms with Crippen molar-refractivity contribution in [2.45, 2.75) is 6.92 Å². The molecule has 0 aliphatic heterocycles. The van der Waals surface area contributed by atoms with Gasteiger partial charge < -0.3 is 0 Å². The van der Waals surface area contributed by atoms with Crippen LogP contribution in [-0.4, -0.2) is 30.3 Å². The quantitative estimate of drug-likeness (QED) is 0.437. The zero-order valence-corrected chi connectivity index (χ0v) is 17.9. The minimum absolute atomic E-state index is 0.0105. The largest absolute Gasteiger partial charge is 0.297 e. The summed E-state index contributed by atoms with van der Waals surface area (Å²) in [6.45, 7) is 1.79. The van der Waals surface area contributed by atoms with Crippen LogP contribution >= 0.6 is 39.1 Å². The Kier molecular flexibility index (Phi) is 5.39. The number of hydrogen-bond acceptors (Lipinski definition) is 6. The van der Waals surface area contributed by atoms with Crippen LogP contribution < -0.4 is 5.32 Å². The Morgan fingerprint density at radius 2 is 2.00 bits per heavy atom. The van der Waals surface area contributed by atoms with Gasteiger partial charge in [-0.25, -0.2) is 9.07 Å². The van der Waals surface area contributed by atoms with Gasteiger partial charge in [-0.1, -0.05) is 32.7 Å². The number of carbonyl (C=O) groups excluding carboxylic acids is 1. The van der Waals surface area contributed by atoms with Crippen LogP contribution in [-0.2, 0) is 0 Å². The number of halogens is 3. The second kappa shape index (κ2) is 7.97. The summed E-state index contributed by atoms with van der Waals surface area (Å²) in [7, 11) is 0. The Morgan fingerprint density at radius 3 is 2.72 bits per heavy atom. The summed E-state index contributed by atoms with van der Waals surface area (Å²) in [5, 5.41) is 11.2. The van der Waals surface area contributed by atoms with Crippen molar-refractivity contribution in [3.05, 3.63) is 69.0 Å². The minimum Gasteiger partial charge on any atom is -0.297 e. The van der Waals surface area contributed by atoms with Crippen molar-refractivity contribution in [2.75, 3.05) is 5.32 Å². The molecule has 0 radical (unpaired) electrons. The van der Waals surface area contributed by atoms with Crippen LogP contribution in [0.3, 0.4) is 0 Å². The van der Waals surface area contributed by atoms with Gasteiger partial charge in [0.15, 0.2) is 11.5 Å². The Morgan fingerprint density at radius 1 is 1.24 bits per heavy atom. The van der Waals surface area contributed by atoms with E-state index in [1.54, 1.807) is 37.3 Å². The van der Waals surface area contributed by atoms with Crippen LogP contribution in [0.1, 0.15) is 16.1 Å². The van der Waals surface area contributed by atoms with E-state index in [4.69, 9.17) is 11.6 Å². The average Bonchev–Trinajstić information content (AvgIpc) is 3.31. The van der Waals surface area contributed by atoms with Gasteiger partial charge in [-0.2, -0.15) is 9.36 Å². The van der Waals surface area contributed by atoms with Gasteiger partial charge >= 0.3 is 0 Å². The van der Waals surface area contributed by atoms with Crippen molar-refractivity contribution in [1.82, 2.24) is 24.4 Å². The van der Waals surface area contributed by atoms with Crippen LogP contribution in [0, 0.1) is 12.7 Å². The number of aromatic nitrogens is 5. The third kappa shape index (κ3) is 4.04. The first kappa shape index (κ1) is 19.6. The van der Waals surface area contributed by atoms with Gasteiger partial charge in [-0.15, -0.1) is 5.10 Å². The molecule has 11 heteroatoms. The molecule has 0 fully saturated rings. The summed E-state index contributed by atoms with van der Waals surface area (Å²) in [5.41, 5.74) is 2.16. The Hall–Kier alpha value is -2.69. The maximum Gasteiger partial charge on any atom is 0.257 e. The first-order chi connectivity index (χ1) is 13.9. The zero-order valence-electron chi connectivity index (χ0n) is 14.7. The SMILES string of the molecule is Cc1c(-c2nsc(NC(=O)c3ccc(Br)cc3)n2)nnn1-c1ccc(F)c(Cl)c1. The molecule has 4 rings (SSSR count). The lowest BCUT2D eigenvalue weighted by Gasteiger charge is -2.04. The second-order valence-corrected chi connectivity index (χ2v) is 7.99. The molecular formula is C18H11BrClFN6OS. The number of anilines is 1. The molecule has 1 amide bonds. The minimum atomic E-state index is -0.513. The third-order valence-electron chi connectivity index (χ3n) is 4.01. The molecule has 29 heavy (non-hydrogen) atoms. The molecule has 2 aromatic heterocycles. The van der Waals surface area contributed by atoms with Gasteiger partial charge in [0.1, 0.15) is 5.82 Å². The summed E-state index contributed by atoms with van der Waals surface area (Å²) in [5.74, 6) is -0.472. The highest BCUT2D eigenvalue weighted by molar-refractivity contribution is 9.10. The maximum absolute atomic E-state index is 13.4. The van der Waals surface area contributed by atoms with E-state index in [9.17, 15) is 9.18 Å². The molecule has 2 heterocycles. The van der Waals surface area contributed by atoms with Gasteiger partial charge in [0.25, 0.3) is 5.91 Å².